The fraction of sp³-hybridized carbons (Fsp3) is 0.571. The number of nitrogens with two attached hydrogens (primary N) is 1. The Labute approximate surface area is 178 Å². The summed E-state index contributed by atoms with van der Waals surface area (Å²) in [7, 11) is 0. The molecule has 0 aromatic heterocycles. The summed E-state index contributed by atoms with van der Waals surface area (Å²) in [4.78, 5) is 38.3. The van der Waals surface area contributed by atoms with Gasteiger partial charge < -0.3 is 20.7 Å². The second-order valence-electron chi connectivity index (χ2n) is 7.62. The normalized spacial score (nSPS) is 15.4. The SMILES string of the molecule is CCOC(=O)C1CCN(C(=O)c2ccc(NC(=O)[C@@H](N)CC(C)C)cc2)CC1.Cl. The molecule has 1 atom stereocenters. The van der Waals surface area contributed by atoms with Crippen LogP contribution in [0.15, 0.2) is 24.3 Å². The predicted octanol–water partition coefficient (Wildman–Crippen LogP) is 2.84. The quantitative estimate of drug-likeness (QED) is 0.654. The van der Waals surface area contributed by atoms with Crippen molar-refractivity contribution in [2.75, 3.05) is 25.0 Å². The number of amides is 2. The summed E-state index contributed by atoms with van der Waals surface area (Å²) in [5.41, 5.74) is 7.05. The maximum Gasteiger partial charge on any atom is 0.309 e. The largest absolute Gasteiger partial charge is 0.466 e. The van der Waals surface area contributed by atoms with Crippen molar-refractivity contribution in [3.63, 3.8) is 0 Å². The molecule has 29 heavy (non-hydrogen) atoms. The average Bonchev–Trinajstić information content (AvgIpc) is 2.67. The summed E-state index contributed by atoms with van der Waals surface area (Å²) < 4.78 is 5.06. The van der Waals surface area contributed by atoms with Crippen molar-refractivity contribution in [1.82, 2.24) is 4.90 Å². The van der Waals surface area contributed by atoms with Gasteiger partial charge in [-0.05, 0) is 56.4 Å². The summed E-state index contributed by atoms with van der Waals surface area (Å²) in [6, 6.07) is 6.26. The van der Waals surface area contributed by atoms with Crippen LogP contribution >= 0.6 is 12.4 Å². The highest BCUT2D eigenvalue weighted by atomic mass is 35.5. The number of likely N-dealkylation sites (tertiary alicyclic amines) is 1. The average molecular weight is 426 g/mol. The fourth-order valence-electron chi connectivity index (χ4n) is 3.31. The number of esters is 1. The van der Waals surface area contributed by atoms with Crippen molar-refractivity contribution in [3.05, 3.63) is 29.8 Å². The van der Waals surface area contributed by atoms with Crippen molar-refractivity contribution < 1.29 is 19.1 Å². The van der Waals surface area contributed by atoms with Gasteiger partial charge in [0, 0.05) is 24.3 Å². The highest BCUT2D eigenvalue weighted by molar-refractivity contribution is 5.97. The topological polar surface area (TPSA) is 102 Å². The second kappa shape index (κ2) is 11.8. The summed E-state index contributed by atoms with van der Waals surface area (Å²) in [5.74, 6) is -0.263. The molecule has 1 aliphatic heterocycles. The first-order valence-electron chi connectivity index (χ1n) is 9.94. The number of nitrogens with zero attached hydrogens (tertiary/aromatic N) is 1. The lowest BCUT2D eigenvalue weighted by atomic mass is 9.96. The van der Waals surface area contributed by atoms with Crippen LogP contribution < -0.4 is 11.1 Å². The molecule has 0 spiro atoms. The molecule has 2 rings (SSSR count). The van der Waals surface area contributed by atoms with Gasteiger partial charge in [0.1, 0.15) is 0 Å². The third-order valence-electron chi connectivity index (χ3n) is 4.86. The van der Waals surface area contributed by atoms with Crippen molar-refractivity contribution in [3.8, 4) is 0 Å². The molecule has 1 saturated heterocycles. The molecule has 1 aliphatic rings. The molecule has 162 valence electrons. The van der Waals surface area contributed by atoms with Crippen LogP contribution in [0.1, 0.15) is 50.4 Å². The number of hydrogen-bond donors (Lipinski definition) is 2. The standard InChI is InChI=1S/C21H31N3O4.ClH/c1-4-28-21(27)16-9-11-24(12-10-16)20(26)15-5-7-17(8-6-15)23-19(25)18(22)13-14(2)3;/h5-8,14,16,18H,4,9-13,22H2,1-3H3,(H,23,25);1H/t18-;/m0./s1. The van der Waals surface area contributed by atoms with Gasteiger partial charge in [-0.2, -0.15) is 0 Å². The van der Waals surface area contributed by atoms with Crippen molar-refractivity contribution in [2.24, 2.45) is 17.6 Å². The maximum absolute atomic E-state index is 12.7. The molecule has 1 aromatic carbocycles. The number of carbonyl (C=O) groups excluding carboxylic acids is 3. The molecule has 2 amide bonds. The second-order valence-corrected chi connectivity index (χ2v) is 7.62. The van der Waals surface area contributed by atoms with Gasteiger partial charge in [0.2, 0.25) is 5.91 Å². The Morgan fingerprint density at radius 1 is 1.17 bits per heavy atom. The Hall–Kier alpha value is -2.12. The number of ether oxygens (including phenoxy) is 1. The van der Waals surface area contributed by atoms with Crippen LogP contribution in [0.25, 0.3) is 0 Å². The van der Waals surface area contributed by atoms with E-state index in [0.29, 0.717) is 56.1 Å². The minimum absolute atomic E-state index is 0. The third kappa shape index (κ3) is 7.33. The van der Waals surface area contributed by atoms with E-state index in [1.165, 1.54) is 0 Å². The van der Waals surface area contributed by atoms with E-state index in [4.69, 9.17) is 10.5 Å². The number of halogens is 1. The van der Waals surface area contributed by atoms with Crippen LogP contribution in [0.5, 0.6) is 0 Å². The number of rotatable bonds is 7. The molecule has 0 bridgehead atoms. The molecule has 0 aliphatic carbocycles. The van der Waals surface area contributed by atoms with Crippen LogP contribution in [0.2, 0.25) is 0 Å². The van der Waals surface area contributed by atoms with E-state index in [1.54, 1.807) is 36.1 Å². The molecule has 3 N–H and O–H groups in total. The third-order valence-corrected chi connectivity index (χ3v) is 4.86. The lowest BCUT2D eigenvalue weighted by Crippen LogP contribution is -2.40. The van der Waals surface area contributed by atoms with Crippen molar-refractivity contribution >= 4 is 35.9 Å². The van der Waals surface area contributed by atoms with Crippen LogP contribution in [0.4, 0.5) is 5.69 Å². The molecule has 0 radical (unpaired) electrons. The molecule has 7 nitrogen and oxygen atoms in total. The Kier molecular flexibility index (Phi) is 10.1. The van der Waals surface area contributed by atoms with Gasteiger partial charge in [0.15, 0.2) is 0 Å². The zero-order valence-electron chi connectivity index (χ0n) is 17.3. The molecule has 0 saturated carbocycles. The molecule has 1 aromatic rings. The van der Waals surface area contributed by atoms with E-state index in [-0.39, 0.29) is 36.1 Å². The number of hydrogen-bond acceptors (Lipinski definition) is 5. The van der Waals surface area contributed by atoms with Crippen LogP contribution in [-0.2, 0) is 14.3 Å². The molecule has 8 heteroatoms. The van der Waals surface area contributed by atoms with E-state index >= 15 is 0 Å². The summed E-state index contributed by atoms with van der Waals surface area (Å²) in [5, 5.41) is 2.78. The van der Waals surface area contributed by atoms with Gasteiger partial charge in [0.05, 0.1) is 18.6 Å². The van der Waals surface area contributed by atoms with Gasteiger partial charge in [-0.25, -0.2) is 0 Å². The van der Waals surface area contributed by atoms with Crippen molar-refractivity contribution in [2.45, 2.75) is 46.1 Å². The molecular formula is C21H32ClN3O4. The predicted molar refractivity (Wildman–Crippen MR) is 115 cm³/mol. The zero-order chi connectivity index (χ0) is 20.7. The minimum atomic E-state index is -0.554. The van der Waals surface area contributed by atoms with Crippen LogP contribution in [-0.4, -0.2) is 48.4 Å². The first-order chi connectivity index (χ1) is 13.3. The minimum Gasteiger partial charge on any atom is -0.466 e. The Bertz CT molecular complexity index is 686. The first kappa shape index (κ1) is 24.9. The summed E-state index contributed by atoms with van der Waals surface area (Å²) >= 11 is 0. The summed E-state index contributed by atoms with van der Waals surface area (Å²) in [6.45, 7) is 7.27. The van der Waals surface area contributed by atoms with E-state index in [2.05, 4.69) is 5.32 Å². The number of nitrogens with one attached hydrogen (secondary N) is 1. The lowest BCUT2D eigenvalue weighted by molar-refractivity contribution is -0.149. The molecular weight excluding hydrogens is 394 g/mol. The van der Waals surface area contributed by atoms with Gasteiger partial charge >= 0.3 is 5.97 Å². The van der Waals surface area contributed by atoms with Gasteiger partial charge in [-0.15, -0.1) is 12.4 Å². The van der Waals surface area contributed by atoms with E-state index in [1.807, 2.05) is 13.8 Å². The number of carbonyl (C=O) groups is 3. The number of benzene rings is 1. The molecule has 0 unspecified atom stereocenters. The lowest BCUT2D eigenvalue weighted by Gasteiger charge is -2.31. The first-order valence-corrected chi connectivity index (χ1v) is 9.94. The van der Waals surface area contributed by atoms with Gasteiger partial charge in [0.25, 0.3) is 5.91 Å². The van der Waals surface area contributed by atoms with Gasteiger partial charge in [-0.1, -0.05) is 13.8 Å². The van der Waals surface area contributed by atoms with Crippen LogP contribution in [0.3, 0.4) is 0 Å². The number of piperidine rings is 1. The Balaban J connectivity index is 0.00000420. The van der Waals surface area contributed by atoms with Crippen LogP contribution in [0, 0.1) is 11.8 Å². The smallest absolute Gasteiger partial charge is 0.309 e. The monoisotopic (exact) mass is 425 g/mol. The number of anilines is 1. The van der Waals surface area contributed by atoms with Crippen molar-refractivity contribution in [1.29, 1.82) is 0 Å². The summed E-state index contributed by atoms with van der Waals surface area (Å²) in [6.07, 6.45) is 1.85. The highest BCUT2D eigenvalue weighted by Crippen LogP contribution is 2.21. The maximum atomic E-state index is 12.7. The Morgan fingerprint density at radius 2 is 1.76 bits per heavy atom. The highest BCUT2D eigenvalue weighted by Gasteiger charge is 2.28. The zero-order valence-corrected chi connectivity index (χ0v) is 18.2. The van der Waals surface area contributed by atoms with E-state index in [9.17, 15) is 14.4 Å². The van der Waals surface area contributed by atoms with E-state index < -0.39 is 6.04 Å². The molecule has 1 fully saturated rings. The fourth-order valence-corrected chi connectivity index (χ4v) is 3.31. The van der Waals surface area contributed by atoms with E-state index in [0.717, 1.165) is 0 Å². The molecule has 1 heterocycles. The Morgan fingerprint density at radius 3 is 2.28 bits per heavy atom. The van der Waals surface area contributed by atoms with Gasteiger partial charge in [-0.3, -0.25) is 14.4 Å².